The molecular formula is C13H15NO5S. The van der Waals surface area contributed by atoms with Crippen LogP contribution < -0.4 is 9.47 Å². The maximum absolute atomic E-state index is 12.4. The smallest absolute Gasteiger partial charge is 0.254 e. The van der Waals surface area contributed by atoms with Crippen molar-refractivity contribution in [1.82, 2.24) is 4.90 Å². The number of ether oxygens (including phenoxy) is 2. The highest BCUT2D eigenvalue weighted by molar-refractivity contribution is 7.91. The van der Waals surface area contributed by atoms with Crippen LogP contribution in [0.4, 0.5) is 0 Å². The quantitative estimate of drug-likeness (QED) is 0.802. The van der Waals surface area contributed by atoms with Crippen LogP contribution in [0.2, 0.25) is 0 Å². The number of hydrogen-bond acceptors (Lipinski definition) is 5. The standard InChI is InChI=1S/C13H15NO5S/c1-20(16,17)10-4-5-14(7-10)13(15)9-2-3-11-12(6-9)19-8-18-11/h2-3,6,10H,4-5,7-8H2,1H3/t10-/m0/s1. The lowest BCUT2D eigenvalue weighted by atomic mass is 10.2. The van der Waals surface area contributed by atoms with Crippen molar-refractivity contribution in [2.75, 3.05) is 26.1 Å². The fourth-order valence-electron chi connectivity index (χ4n) is 2.47. The first-order chi connectivity index (χ1) is 9.45. The molecule has 0 bridgehead atoms. The molecule has 2 aliphatic rings. The number of likely N-dealkylation sites (tertiary alicyclic amines) is 1. The van der Waals surface area contributed by atoms with E-state index in [-0.39, 0.29) is 19.2 Å². The van der Waals surface area contributed by atoms with E-state index in [9.17, 15) is 13.2 Å². The van der Waals surface area contributed by atoms with Gasteiger partial charge >= 0.3 is 0 Å². The normalized spacial score (nSPS) is 21.2. The Kier molecular flexibility index (Phi) is 3.08. The molecule has 1 aromatic rings. The summed E-state index contributed by atoms with van der Waals surface area (Å²) in [5.74, 6) is 1.00. The first kappa shape index (κ1) is 13.2. The van der Waals surface area contributed by atoms with Crippen molar-refractivity contribution < 1.29 is 22.7 Å². The van der Waals surface area contributed by atoms with Crippen LogP contribution in [0.15, 0.2) is 18.2 Å². The van der Waals surface area contributed by atoms with E-state index >= 15 is 0 Å². The fraction of sp³-hybridized carbons (Fsp3) is 0.462. The third kappa shape index (κ3) is 2.33. The summed E-state index contributed by atoms with van der Waals surface area (Å²) < 4.78 is 33.5. The number of hydrogen-bond donors (Lipinski definition) is 0. The maximum atomic E-state index is 12.4. The Balaban J connectivity index is 1.77. The third-order valence-corrected chi connectivity index (χ3v) is 5.25. The van der Waals surface area contributed by atoms with Crippen LogP contribution in [-0.4, -0.2) is 50.6 Å². The highest BCUT2D eigenvalue weighted by Gasteiger charge is 2.33. The van der Waals surface area contributed by atoms with Crippen molar-refractivity contribution in [2.24, 2.45) is 0 Å². The molecule has 1 aromatic carbocycles. The average Bonchev–Trinajstić information content (AvgIpc) is 3.05. The van der Waals surface area contributed by atoms with Gasteiger partial charge in [-0.25, -0.2) is 8.42 Å². The van der Waals surface area contributed by atoms with Crippen molar-refractivity contribution >= 4 is 15.7 Å². The number of fused-ring (bicyclic) bond motifs is 1. The maximum Gasteiger partial charge on any atom is 0.254 e. The molecule has 0 aliphatic carbocycles. The molecule has 6 nitrogen and oxygen atoms in total. The van der Waals surface area contributed by atoms with Crippen LogP contribution >= 0.6 is 0 Å². The minimum atomic E-state index is -3.10. The summed E-state index contributed by atoms with van der Waals surface area (Å²) in [6.07, 6.45) is 1.71. The van der Waals surface area contributed by atoms with Gasteiger partial charge < -0.3 is 14.4 Å². The molecular weight excluding hydrogens is 282 g/mol. The molecule has 7 heteroatoms. The van der Waals surface area contributed by atoms with Crippen molar-refractivity contribution in [1.29, 1.82) is 0 Å². The van der Waals surface area contributed by atoms with Gasteiger partial charge in [-0.05, 0) is 24.6 Å². The number of rotatable bonds is 2. The van der Waals surface area contributed by atoms with Crippen molar-refractivity contribution in [2.45, 2.75) is 11.7 Å². The van der Waals surface area contributed by atoms with E-state index in [0.29, 0.717) is 30.0 Å². The molecule has 0 saturated carbocycles. The third-order valence-electron chi connectivity index (χ3n) is 3.66. The molecule has 1 atom stereocenters. The minimum absolute atomic E-state index is 0.160. The van der Waals surface area contributed by atoms with Crippen molar-refractivity contribution in [3.05, 3.63) is 23.8 Å². The molecule has 2 heterocycles. The lowest BCUT2D eigenvalue weighted by Crippen LogP contribution is -2.31. The molecule has 0 radical (unpaired) electrons. The second-order valence-electron chi connectivity index (χ2n) is 5.06. The van der Waals surface area contributed by atoms with E-state index in [4.69, 9.17) is 9.47 Å². The molecule has 0 unspecified atom stereocenters. The topological polar surface area (TPSA) is 72.9 Å². The molecule has 0 N–H and O–H groups in total. The van der Waals surface area contributed by atoms with Gasteiger partial charge in [0, 0.05) is 24.9 Å². The summed E-state index contributed by atoms with van der Waals surface area (Å²) in [6, 6.07) is 5.00. The number of nitrogens with zero attached hydrogens (tertiary/aromatic N) is 1. The summed E-state index contributed by atoms with van der Waals surface area (Å²) in [5, 5.41) is -0.458. The Labute approximate surface area is 117 Å². The van der Waals surface area contributed by atoms with Gasteiger partial charge in [0.1, 0.15) is 0 Å². The second kappa shape index (κ2) is 4.66. The Morgan fingerprint density at radius 3 is 2.75 bits per heavy atom. The summed E-state index contributed by atoms with van der Waals surface area (Å²) in [5.41, 5.74) is 0.489. The summed E-state index contributed by atoms with van der Waals surface area (Å²) in [6.45, 7) is 0.879. The molecule has 108 valence electrons. The number of carbonyl (C=O) groups excluding carboxylic acids is 1. The summed E-state index contributed by atoms with van der Waals surface area (Å²) in [4.78, 5) is 13.9. The summed E-state index contributed by atoms with van der Waals surface area (Å²) >= 11 is 0. The van der Waals surface area contributed by atoms with Crippen LogP contribution in [-0.2, 0) is 9.84 Å². The van der Waals surface area contributed by atoms with Gasteiger partial charge in [-0.2, -0.15) is 0 Å². The van der Waals surface area contributed by atoms with Gasteiger partial charge in [0.05, 0.1) is 5.25 Å². The zero-order valence-corrected chi connectivity index (χ0v) is 11.9. The second-order valence-corrected chi connectivity index (χ2v) is 7.39. The molecule has 1 saturated heterocycles. The molecule has 0 spiro atoms. The highest BCUT2D eigenvalue weighted by Crippen LogP contribution is 2.33. The van der Waals surface area contributed by atoms with E-state index in [1.54, 1.807) is 23.1 Å². The number of benzene rings is 1. The van der Waals surface area contributed by atoms with Crippen molar-refractivity contribution in [3.8, 4) is 11.5 Å². The fourth-order valence-corrected chi connectivity index (χ4v) is 3.46. The Hall–Kier alpha value is -1.76. The van der Waals surface area contributed by atoms with Gasteiger partial charge in [-0.1, -0.05) is 0 Å². The molecule has 20 heavy (non-hydrogen) atoms. The van der Waals surface area contributed by atoms with Crippen LogP contribution in [0, 0.1) is 0 Å². The van der Waals surface area contributed by atoms with Crippen LogP contribution in [0.3, 0.4) is 0 Å². The first-order valence-corrected chi connectivity index (χ1v) is 8.28. The van der Waals surface area contributed by atoms with E-state index in [0.717, 1.165) is 0 Å². The monoisotopic (exact) mass is 297 g/mol. The molecule has 0 aromatic heterocycles. The molecule has 3 rings (SSSR count). The zero-order chi connectivity index (χ0) is 14.3. The Morgan fingerprint density at radius 2 is 2.05 bits per heavy atom. The molecule has 1 fully saturated rings. The van der Waals surface area contributed by atoms with Gasteiger partial charge in [0.25, 0.3) is 5.91 Å². The zero-order valence-electron chi connectivity index (χ0n) is 11.0. The number of carbonyl (C=O) groups is 1. The van der Waals surface area contributed by atoms with Crippen LogP contribution in [0.1, 0.15) is 16.8 Å². The number of sulfone groups is 1. The average molecular weight is 297 g/mol. The van der Waals surface area contributed by atoms with Gasteiger partial charge in [0.2, 0.25) is 6.79 Å². The van der Waals surface area contributed by atoms with Gasteiger partial charge in [-0.15, -0.1) is 0 Å². The van der Waals surface area contributed by atoms with E-state index in [1.165, 1.54) is 6.26 Å². The molecule has 1 amide bonds. The Morgan fingerprint density at radius 1 is 1.30 bits per heavy atom. The van der Waals surface area contributed by atoms with E-state index < -0.39 is 15.1 Å². The number of amides is 1. The molecule has 2 aliphatic heterocycles. The van der Waals surface area contributed by atoms with Crippen LogP contribution in [0.5, 0.6) is 11.5 Å². The van der Waals surface area contributed by atoms with Crippen molar-refractivity contribution in [3.63, 3.8) is 0 Å². The van der Waals surface area contributed by atoms with Gasteiger partial charge in [-0.3, -0.25) is 4.79 Å². The lowest BCUT2D eigenvalue weighted by molar-refractivity contribution is 0.0793. The lowest BCUT2D eigenvalue weighted by Gasteiger charge is -2.16. The SMILES string of the molecule is CS(=O)(=O)[C@H]1CCN(C(=O)c2ccc3c(c2)OCO3)C1. The van der Waals surface area contributed by atoms with E-state index in [2.05, 4.69) is 0 Å². The predicted molar refractivity (Wildman–Crippen MR) is 71.7 cm³/mol. The largest absolute Gasteiger partial charge is 0.454 e. The van der Waals surface area contributed by atoms with Crippen LogP contribution in [0.25, 0.3) is 0 Å². The van der Waals surface area contributed by atoms with Gasteiger partial charge in [0.15, 0.2) is 21.3 Å². The van der Waals surface area contributed by atoms with E-state index in [1.807, 2.05) is 0 Å². The minimum Gasteiger partial charge on any atom is -0.454 e. The predicted octanol–water partition coefficient (Wildman–Crippen LogP) is 0.674. The first-order valence-electron chi connectivity index (χ1n) is 6.33. The summed E-state index contributed by atoms with van der Waals surface area (Å²) in [7, 11) is -3.10. The highest BCUT2D eigenvalue weighted by atomic mass is 32.2. The Bertz CT molecular complexity index is 655.